The Morgan fingerprint density at radius 1 is 1.15 bits per heavy atom. The lowest BCUT2D eigenvalue weighted by Crippen LogP contribution is -2.33. The van der Waals surface area contributed by atoms with Crippen molar-refractivity contribution in [3.05, 3.63) is 53.6 Å². The van der Waals surface area contributed by atoms with Gasteiger partial charge >= 0.3 is 0 Å². The third-order valence-corrected chi connectivity index (χ3v) is 4.21. The zero-order valence-electron chi connectivity index (χ0n) is 15.9. The smallest absolute Gasteiger partial charge is 0.283 e. The number of rotatable bonds is 8. The van der Waals surface area contributed by atoms with Crippen molar-refractivity contribution in [3.8, 4) is 11.7 Å². The first-order chi connectivity index (χ1) is 13.1. The van der Waals surface area contributed by atoms with Gasteiger partial charge in [-0.25, -0.2) is 0 Å². The predicted molar refractivity (Wildman–Crippen MR) is 102 cm³/mol. The highest BCUT2D eigenvalue weighted by Gasteiger charge is 2.17. The van der Waals surface area contributed by atoms with E-state index in [1.54, 1.807) is 18.4 Å². The number of hydrogen-bond acceptors (Lipinski definition) is 6. The van der Waals surface area contributed by atoms with E-state index in [9.17, 15) is 4.79 Å². The van der Waals surface area contributed by atoms with E-state index in [0.29, 0.717) is 24.1 Å². The number of para-hydroxylation sites is 1. The highest BCUT2D eigenvalue weighted by molar-refractivity contribution is 5.93. The van der Waals surface area contributed by atoms with Gasteiger partial charge in [0.05, 0.1) is 19.4 Å². The van der Waals surface area contributed by atoms with Crippen LogP contribution in [0.25, 0.3) is 11.7 Å². The zero-order valence-corrected chi connectivity index (χ0v) is 15.9. The molecule has 0 saturated carbocycles. The molecule has 1 amide bonds. The van der Waals surface area contributed by atoms with E-state index < -0.39 is 0 Å². The van der Waals surface area contributed by atoms with Crippen LogP contribution in [0.2, 0.25) is 0 Å². The molecule has 0 atom stereocenters. The summed E-state index contributed by atoms with van der Waals surface area (Å²) in [7, 11) is 0. The van der Waals surface area contributed by atoms with Gasteiger partial charge in [-0.2, -0.15) is 0 Å². The van der Waals surface area contributed by atoms with E-state index in [2.05, 4.69) is 22.4 Å². The van der Waals surface area contributed by atoms with E-state index in [1.807, 2.05) is 36.9 Å². The van der Waals surface area contributed by atoms with Crippen molar-refractivity contribution in [2.75, 3.05) is 18.4 Å². The summed E-state index contributed by atoms with van der Waals surface area (Å²) >= 11 is 0. The Labute approximate surface area is 158 Å². The summed E-state index contributed by atoms with van der Waals surface area (Å²) in [5.41, 5.74) is 2.97. The number of amides is 1. The van der Waals surface area contributed by atoms with Crippen LogP contribution in [0.5, 0.6) is 0 Å². The van der Waals surface area contributed by atoms with Gasteiger partial charge < -0.3 is 14.2 Å². The molecule has 0 aliphatic heterocycles. The zero-order chi connectivity index (χ0) is 19.2. The van der Waals surface area contributed by atoms with Crippen LogP contribution in [0.1, 0.15) is 30.4 Å². The first-order valence-electron chi connectivity index (χ1n) is 9.01. The molecule has 7 heteroatoms. The molecule has 3 rings (SSSR count). The number of furan rings is 1. The molecule has 27 heavy (non-hydrogen) atoms. The van der Waals surface area contributed by atoms with Crippen molar-refractivity contribution in [2.45, 2.75) is 33.7 Å². The first-order valence-corrected chi connectivity index (χ1v) is 9.01. The highest BCUT2D eigenvalue weighted by Crippen LogP contribution is 2.20. The van der Waals surface area contributed by atoms with Crippen LogP contribution in [-0.4, -0.2) is 34.1 Å². The predicted octanol–water partition coefficient (Wildman–Crippen LogP) is 3.80. The first kappa shape index (κ1) is 18.8. The number of carbonyl (C=O) groups is 1. The minimum absolute atomic E-state index is 0.0633. The molecule has 0 aliphatic rings. The maximum atomic E-state index is 12.5. The summed E-state index contributed by atoms with van der Waals surface area (Å²) in [6.07, 6.45) is 2.47. The minimum Gasteiger partial charge on any atom is -0.459 e. The number of carbonyl (C=O) groups excluding carboxylic acids is 1. The van der Waals surface area contributed by atoms with Crippen LogP contribution in [0.4, 0.5) is 5.69 Å². The molecule has 1 aromatic carbocycles. The lowest BCUT2D eigenvalue weighted by Gasteiger charge is -2.20. The summed E-state index contributed by atoms with van der Waals surface area (Å²) in [6, 6.07) is 9.48. The summed E-state index contributed by atoms with van der Waals surface area (Å²) in [5, 5.41) is 11.1. The molecule has 0 spiro atoms. The van der Waals surface area contributed by atoms with Gasteiger partial charge in [0.25, 0.3) is 5.89 Å². The lowest BCUT2D eigenvalue weighted by atomic mass is 10.1. The fourth-order valence-electron chi connectivity index (χ4n) is 2.93. The number of aromatic nitrogens is 2. The molecule has 3 aromatic rings. The van der Waals surface area contributed by atoms with Crippen LogP contribution in [0.3, 0.4) is 0 Å². The topological polar surface area (TPSA) is 84.4 Å². The second-order valence-corrected chi connectivity index (χ2v) is 6.50. The maximum Gasteiger partial charge on any atom is 0.283 e. The molecule has 0 fully saturated rings. The van der Waals surface area contributed by atoms with Crippen molar-refractivity contribution < 1.29 is 13.6 Å². The molecule has 1 N–H and O–H groups in total. The van der Waals surface area contributed by atoms with Gasteiger partial charge in [-0.05, 0) is 50.1 Å². The third-order valence-electron chi connectivity index (χ3n) is 4.21. The molecule has 0 aliphatic carbocycles. The molecule has 2 aromatic heterocycles. The Kier molecular flexibility index (Phi) is 6.03. The Morgan fingerprint density at radius 3 is 2.59 bits per heavy atom. The number of nitrogens with zero attached hydrogens (tertiary/aromatic N) is 3. The quantitative estimate of drug-likeness (QED) is 0.651. The van der Waals surface area contributed by atoms with Crippen LogP contribution in [-0.2, 0) is 11.3 Å². The molecule has 7 nitrogen and oxygen atoms in total. The van der Waals surface area contributed by atoms with Crippen molar-refractivity contribution in [3.63, 3.8) is 0 Å². The van der Waals surface area contributed by atoms with Crippen LogP contribution in [0, 0.1) is 13.8 Å². The third kappa shape index (κ3) is 4.83. The molecular weight excluding hydrogens is 344 g/mol. The van der Waals surface area contributed by atoms with Gasteiger partial charge in [0.15, 0.2) is 5.76 Å². The van der Waals surface area contributed by atoms with Crippen LogP contribution >= 0.6 is 0 Å². The van der Waals surface area contributed by atoms with E-state index in [4.69, 9.17) is 8.83 Å². The summed E-state index contributed by atoms with van der Waals surface area (Å²) < 4.78 is 10.9. The largest absolute Gasteiger partial charge is 0.459 e. The fraction of sp³-hybridized carbons (Fsp3) is 0.350. The second kappa shape index (κ2) is 8.64. The second-order valence-electron chi connectivity index (χ2n) is 6.50. The van der Waals surface area contributed by atoms with Gasteiger partial charge in [0.1, 0.15) is 0 Å². The minimum atomic E-state index is -0.0633. The number of aryl methyl sites for hydroxylation is 2. The number of benzene rings is 1. The van der Waals surface area contributed by atoms with Crippen molar-refractivity contribution in [2.24, 2.45) is 0 Å². The van der Waals surface area contributed by atoms with E-state index in [0.717, 1.165) is 29.8 Å². The molecule has 2 heterocycles. The summed E-state index contributed by atoms with van der Waals surface area (Å²) in [5.74, 6) is 1.26. The van der Waals surface area contributed by atoms with Gasteiger partial charge in [-0.15, -0.1) is 10.2 Å². The lowest BCUT2D eigenvalue weighted by molar-refractivity contribution is -0.117. The van der Waals surface area contributed by atoms with E-state index >= 15 is 0 Å². The Bertz CT molecular complexity index is 866. The van der Waals surface area contributed by atoms with Gasteiger partial charge in [0, 0.05) is 5.69 Å². The molecule has 0 bridgehead atoms. The molecule has 0 radical (unpaired) electrons. The maximum absolute atomic E-state index is 12.5. The van der Waals surface area contributed by atoms with E-state index in [1.165, 1.54) is 0 Å². The molecule has 0 unspecified atom stereocenters. The van der Waals surface area contributed by atoms with Gasteiger partial charge in [0.2, 0.25) is 11.8 Å². The average Bonchev–Trinajstić information content (AvgIpc) is 3.30. The normalized spacial score (nSPS) is 11.1. The van der Waals surface area contributed by atoms with Crippen molar-refractivity contribution >= 4 is 11.6 Å². The number of anilines is 1. The average molecular weight is 368 g/mol. The van der Waals surface area contributed by atoms with Crippen LogP contribution in [0.15, 0.2) is 45.4 Å². The fourth-order valence-corrected chi connectivity index (χ4v) is 2.93. The van der Waals surface area contributed by atoms with E-state index in [-0.39, 0.29) is 12.5 Å². The Balaban J connectivity index is 1.64. The molecule has 142 valence electrons. The van der Waals surface area contributed by atoms with Crippen molar-refractivity contribution in [1.82, 2.24) is 15.1 Å². The highest BCUT2D eigenvalue weighted by atomic mass is 16.4. The summed E-state index contributed by atoms with van der Waals surface area (Å²) in [4.78, 5) is 14.5. The van der Waals surface area contributed by atoms with Gasteiger partial charge in [-0.1, -0.05) is 25.1 Å². The Hall–Kier alpha value is -2.93. The van der Waals surface area contributed by atoms with Crippen LogP contribution < -0.4 is 5.32 Å². The molecule has 0 saturated heterocycles. The standard InChI is InChI=1S/C20H24N4O3/c1-4-10-24(12-17(25)21-19-14(2)7-5-8-15(19)3)13-18-22-23-20(27-18)16-9-6-11-26-16/h5-9,11H,4,10,12-13H2,1-3H3,(H,21,25). The van der Waals surface area contributed by atoms with Gasteiger partial charge in [-0.3, -0.25) is 9.69 Å². The Morgan fingerprint density at radius 2 is 1.93 bits per heavy atom. The van der Waals surface area contributed by atoms with Crippen molar-refractivity contribution in [1.29, 1.82) is 0 Å². The molecular formula is C20H24N4O3. The number of hydrogen-bond donors (Lipinski definition) is 1. The SMILES string of the molecule is CCCN(CC(=O)Nc1c(C)cccc1C)Cc1nnc(-c2ccco2)o1. The number of nitrogens with one attached hydrogen (secondary N) is 1. The summed E-state index contributed by atoms with van der Waals surface area (Å²) in [6.45, 7) is 7.45. The monoisotopic (exact) mass is 368 g/mol.